The lowest BCUT2D eigenvalue weighted by molar-refractivity contribution is 0.0697. The Labute approximate surface area is 121 Å². The number of aromatic carboxylic acids is 1. The maximum absolute atomic E-state index is 10.8. The van der Waals surface area contributed by atoms with Crippen LogP contribution in [0.25, 0.3) is 11.0 Å². The molecule has 0 amide bonds. The van der Waals surface area contributed by atoms with Gasteiger partial charge in [-0.25, -0.2) is 9.78 Å². The fraction of sp³-hybridized carbons (Fsp3) is 0.125. The second-order valence-electron chi connectivity index (χ2n) is 4.73. The fourth-order valence-corrected chi connectivity index (χ4v) is 2.24. The lowest BCUT2D eigenvalue weighted by atomic mass is 10.1. The molecule has 1 heterocycles. The number of nitrogens with zero attached hydrogens (tertiary/aromatic N) is 2. The van der Waals surface area contributed by atoms with Gasteiger partial charge < -0.3 is 14.4 Å². The van der Waals surface area contributed by atoms with E-state index in [0.29, 0.717) is 6.54 Å². The molecule has 0 radical (unpaired) electrons. The maximum atomic E-state index is 10.8. The van der Waals surface area contributed by atoms with Crippen molar-refractivity contribution >= 4 is 17.0 Å². The largest absolute Gasteiger partial charge is 0.497 e. The molecule has 0 bridgehead atoms. The Morgan fingerprint density at radius 1 is 1.24 bits per heavy atom. The Bertz CT molecular complexity index is 791. The highest BCUT2D eigenvalue weighted by atomic mass is 16.5. The first-order valence-corrected chi connectivity index (χ1v) is 6.48. The zero-order chi connectivity index (χ0) is 14.8. The number of ether oxygens (including phenoxy) is 1. The summed E-state index contributed by atoms with van der Waals surface area (Å²) < 4.78 is 7.24. The third-order valence-corrected chi connectivity index (χ3v) is 3.38. The molecular formula is C16H14N2O3. The summed E-state index contributed by atoms with van der Waals surface area (Å²) in [6, 6.07) is 12.6. The van der Waals surface area contributed by atoms with Crippen LogP contribution < -0.4 is 4.74 Å². The van der Waals surface area contributed by atoms with E-state index in [2.05, 4.69) is 4.98 Å². The van der Waals surface area contributed by atoms with Crippen LogP contribution in [-0.4, -0.2) is 27.7 Å². The van der Waals surface area contributed by atoms with Crippen molar-refractivity contribution in [1.82, 2.24) is 9.55 Å². The van der Waals surface area contributed by atoms with Crippen LogP contribution in [0.2, 0.25) is 0 Å². The van der Waals surface area contributed by atoms with Crippen LogP contribution in [0.3, 0.4) is 0 Å². The van der Waals surface area contributed by atoms with Crippen molar-refractivity contribution in [3.8, 4) is 5.75 Å². The summed E-state index contributed by atoms with van der Waals surface area (Å²) in [7, 11) is 1.63. The lowest BCUT2D eigenvalue weighted by Gasteiger charge is -2.06. The van der Waals surface area contributed by atoms with Crippen molar-refractivity contribution in [1.29, 1.82) is 0 Å². The Kier molecular flexibility index (Phi) is 3.31. The summed E-state index contributed by atoms with van der Waals surface area (Å²) in [6.07, 6.45) is 1.77. The third kappa shape index (κ3) is 2.58. The number of imidazole rings is 1. The molecule has 1 aromatic heterocycles. The molecule has 0 unspecified atom stereocenters. The third-order valence-electron chi connectivity index (χ3n) is 3.38. The summed E-state index contributed by atoms with van der Waals surface area (Å²) in [5, 5.41) is 8.90. The van der Waals surface area contributed by atoms with Gasteiger partial charge in [-0.05, 0) is 29.8 Å². The van der Waals surface area contributed by atoms with E-state index in [0.717, 1.165) is 22.3 Å². The van der Waals surface area contributed by atoms with Crippen LogP contribution >= 0.6 is 0 Å². The molecule has 2 aromatic carbocycles. The van der Waals surface area contributed by atoms with Gasteiger partial charge in [0.2, 0.25) is 0 Å². The van der Waals surface area contributed by atoms with Gasteiger partial charge in [-0.15, -0.1) is 0 Å². The molecule has 0 aliphatic heterocycles. The summed E-state index contributed by atoms with van der Waals surface area (Å²) in [6.45, 7) is 0.629. The van der Waals surface area contributed by atoms with Crippen LogP contribution in [0.4, 0.5) is 0 Å². The van der Waals surface area contributed by atoms with Gasteiger partial charge in [-0.2, -0.15) is 0 Å². The molecule has 0 saturated heterocycles. The highest BCUT2D eigenvalue weighted by molar-refractivity contribution is 5.87. The summed E-state index contributed by atoms with van der Waals surface area (Å²) in [5.74, 6) is -0.134. The minimum absolute atomic E-state index is 0.288. The second-order valence-corrected chi connectivity index (χ2v) is 4.73. The van der Waals surface area contributed by atoms with Crippen LogP contribution in [0.5, 0.6) is 5.75 Å². The summed E-state index contributed by atoms with van der Waals surface area (Å²) in [5.41, 5.74) is 3.19. The van der Waals surface area contributed by atoms with Crippen molar-refractivity contribution in [2.24, 2.45) is 0 Å². The molecule has 5 heteroatoms. The van der Waals surface area contributed by atoms with Crippen molar-refractivity contribution in [3.05, 3.63) is 59.9 Å². The Morgan fingerprint density at radius 3 is 2.67 bits per heavy atom. The van der Waals surface area contributed by atoms with Crippen LogP contribution in [0.15, 0.2) is 48.8 Å². The number of aromatic nitrogens is 2. The number of carboxylic acid groups (broad SMARTS) is 1. The molecule has 1 N–H and O–H groups in total. The smallest absolute Gasteiger partial charge is 0.335 e. The maximum Gasteiger partial charge on any atom is 0.335 e. The van der Waals surface area contributed by atoms with E-state index in [4.69, 9.17) is 9.84 Å². The van der Waals surface area contributed by atoms with E-state index in [1.54, 1.807) is 25.6 Å². The molecule has 0 fully saturated rings. The monoisotopic (exact) mass is 282 g/mol. The highest BCUT2D eigenvalue weighted by Gasteiger charge is 2.06. The Morgan fingerprint density at radius 2 is 2.00 bits per heavy atom. The Hall–Kier alpha value is -2.82. The fourth-order valence-electron chi connectivity index (χ4n) is 2.24. The molecule has 3 rings (SSSR count). The quantitative estimate of drug-likeness (QED) is 0.799. The number of methoxy groups -OCH3 is 1. The number of rotatable bonds is 4. The number of hydrogen-bond donors (Lipinski definition) is 1. The number of benzene rings is 2. The molecule has 106 valence electrons. The van der Waals surface area contributed by atoms with Crippen molar-refractivity contribution in [2.45, 2.75) is 6.54 Å². The number of carbonyl (C=O) groups is 1. The first-order valence-electron chi connectivity index (χ1n) is 6.48. The topological polar surface area (TPSA) is 64.4 Å². The van der Waals surface area contributed by atoms with Gasteiger partial charge in [0.1, 0.15) is 5.75 Å². The van der Waals surface area contributed by atoms with Gasteiger partial charge in [-0.3, -0.25) is 0 Å². The van der Waals surface area contributed by atoms with Gasteiger partial charge in [-0.1, -0.05) is 12.1 Å². The zero-order valence-corrected chi connectivity index (χ0v) is 11.5. The van der Waals surface area contributed by atoms with Crippen LogP contribution in [-0.2, 0) is 6.54 Å². The van der Waals surface area contributed by atoms with E-state index in [1.165, 1.54) is 0 Å². The minimum Gasteiger partial charge on any atom is -0.497 e. The molecule has 0 aliphatic carbocycles. The minimum atomic E-state index is -0.917. The lowest BCUT2D eigenvalue weighted by Crippen LogP contribution is -2.00. The van der Waals surface area contributed by atoms with E-state index in [-0.39, 0.29) is 5.56 Å². The van der Waals surface area contributed by atoms with Gasteiger partial charge in [0.15, 0.2) is 0 Å². The van der Waals surface area contributed by atoms with E-state index < -0.39 is 5.97 Å². The zero-order valence-electron chi connectivity index (χ0n) is 11.5. The SMILES string of the molecule is COc1ccc2ncn(Cc3ccc(C(=O)O)cc3)c2c1. The highest BCUT2D eigenvalue weighted by Crippen LogP contribution is 2.20. The van der Waals surface area contributed by atoms with E-state index >= 15 is 0 Å². The van der Waals surface area contributed by atoms with Gasteiger partial charge in [0.25, 0.3) is 0 Å². The standard InChI is InChI=1S/C16H14N2O3/c1-21-13-6-7-14-15(8-13)18(10-17-14)9-11-2-4-12(5-3-11)16(19)20/h2-8,10H,9H2,1H3,(H,19,20). The average molecular weight is 282 g/mol. The predicted molar refractivity (Wildman–Crippen MR) is 78.8 cm³/mol. The number of hydrogen-bond acceptors (Lipinski definition) is 3. The van der Waals surface area contributed by atoms with Gasteiger partial charge >= 0.3 is 5.97 Å². The molecule has 0 saturated carbocycles. The molecule has 0 spiro atoms. The van der Waals surface area contributed by atoms with Crippen molar-refractivity contribution in [3.63, 3.8) is 0 Å². The van der Waals surface area contributed by atoms with Crippen LogP contribution in [0, 0.1) is 0 Å². The van der Waals surface area contributed by atoms with Crippen LogP contribution in [0.1, 0.15) is 15.9 Å². The second kappa shape index (κ2) is 5.28. The molecule has 0 atom stereocenters. The summed E-state index contributed by atoms with van der Waals surface area (Å²) in [4.78, 5) is 15.2. The first-order chi connectivity index (χ1) is 10.2. The average Bonchev–Trinajstić information content (AvgIpc) is 2.90. The molecule has 0 aliphatic rings. The number of carboxylic acids is 1. The molecule has 3 aromatic rings. The normalized spacial score (nSPS) is 10.7. The molecule has 21 heavy (non-hydrogen) atoms. The number of fused-ring (bicyclic) bond motifs is 1. The van der Waals surface area contributed by atoms with E-state index in [9.17, 15) is 4.79 Å². The molecule has 5 nitrogen and oxygen atoms in total. The van der Waals surface area contributed by atoms with E-state index in [1.807, 2.05) is 34.9 Å². The van der Waals surface area contributed by atoms with Gasteiger partial charge in [0, 0.05) is 12.6 Å². The molecular weight excluding hydrogens is 268 g/mol. The Balaban J connectivity index is 1.92. The first kappa shape index (κ1) is 13.2. The van der Waals surface area contributed by atoms with Gasteiger partial charge in [0.05, 0.1) is 30.0 Å². The van der Waals surface area contributed by atoms with Crippen molar-refractivity contribution < 1.29 is 14.6 Å². The predicted octanol–water partition coefficient (Wildman–Crippen LogP) is 2.79. The van der Waals surface area contributed by atoms with Crippen molar-refractivity contribution in [2.75, 3.05) is 7.11 Å². The summed E-state index contributed by atoms with van der Waals surface area (Å²) >= 11 is 0.